The summed E-state index contributed by atoms with van der Waals surface area (Å²) in [5.74, 6) is -1.62. The van der Waals surface area contributed by atoms with Gasteiger partial charge in [-0.05, 0) is 41.8 Å². The number of hydrogen-bond acceptors (Lipinski definition) is 5. The molecule has 1 aromatic heterocycles. The van der Waals surface area contributed by atoms with Crippen molar-refractivity contribution in [3.63, 3.8) is 0 Å². The van der Waals surface area contributed by atoms with E-state index in [4.69, 9.17) is 16.3 Å². The van der Waals surface area contributed by atoms with Crippen molar-refractivity contribution < 1.29 is 21.9 Å². The first-order chi connectivity index (χ1) is 14.5. The third-order valence-corrected chi connectivity index (χ3v) is 5.70. The van der Waals surface area contributed by atoms with Gasteiger partial charge in [-0.1, -0.05) is 31.5 Å². The SMILES string of the molecule is CC(C)COc1c(-c2ccc(S(C)(=O)=O)c(F)c2)cnn(-c2ccc(F)c(Cl)c2)c1=O. The number of ether oxygens (including phenoxy) is 1. The van der Waals surface area contributed by atoms with Gasteiger partial charge in [-0.3, -0.25) is 4.79 Å². The van der Waals surface area contributed by atoms with Crippen LogP contribution >= 0.6 is 11.6 Å². The third-order valence-electron chi connectivity index (χ3n) is 4.28. The van der Waals surface area contributed by atoms with Gasteiger partial charge >= 0.3 is 5.56 Å². The number of nitrogens with zero attached hydrogens (tertiary/aromatic N) is 2. The van der Waals surface area contributed by atoms with Crippen LogP contribution in [0.5, 0.6) is 5.75 Å². The molecule has 1 heterocycles. The van der Waals surface area contributed by atoms with Crippen molar-refractivity contribution in [1.29, 1.82) is 0 Å². The third kappa shape index (κ3) is 4.94. The summed E-state index contributed by atoms with van der Waals surface area (Å²) in [5, 5.41) is 3.90. The van der Waals surface area contributed by atoms with Crippen molar-refractivity contribution in [1.82, 2.24) is 9.78 Å². The monoisotopic (exact) mass is 468 g/mol. The standard InChI is InChI=1S/C21H19ClF2N2O4S/c1-12(2)11-30-20-15(13-4-7-19(18(24)8-13)31(3,28)29)10-25-26(21(20)27)14-5-6-17(23)16(22)9-14/h4-10,12H,11H2,1-3H3. The van der Waals surface area contributed by atoms with Gasteiger partial charge in [0.25, 0.3) is 0 Å². The largest absolute Gasteiger partial charge is 0.487 e. The van der Waals surface area contributed by atoms with Gasteiger partial charge in [-0.25, -0.2) is 17.2 Å². The lowest BCUT2D eigenvalue weighted by Crippen LogP contribution is -2.24. The molecular weight excluding hydrogens is 450 g/mol. The average Bonchev–Trinajstić information content (AvgIpc) is 2.68. The van der Waals surface area contributed by atoms with Gasteiger partial charge in [0.15, 0.2) is 15.6 Å². The van der Waals surface area contributed by atoms with Crippen LogP contribution in [0, 0.1) is 17.6 Å². The molecule has 0 saturated carbocycles. The molecule has 2 aromatic carbocycles. The van der Waals surface area contributed by atoms with E-state index in [1.807, 2.05) is 13.8 Å². The highest BCUT2D eigenvalue weighted by Crippen LogP contribution is 2.30. The minimum atomic E-state index is -3.75. The van der Waals surface area contributed by atoms with E-state index in [0.717, 1.165) is 29.1 Å². The second-order valence-electron chi connectivity index (χ2n) is 7.32. The number of rotatable bonds is 6. The number of halogens is 3. The number of hydrogen-bond donors (Lipinski definition) is 0. The summed E-state index contributed by atoms with van der Waals surface area (Å²) in [6, 6.07) is 7.19. The summed E-state index contributed by atoms with van der Waals surface area (Å²) in [6.07, 6.45) is 2.20. The number of aromatic nitrogens is 2. The van der Waals surface area contributed by atoms with Crippen molar-refractivity contribution in [2.75, 3.05) is 12.9 Å². The lowest BCUT2D eigenvalue weighted by atomic mass is 10.1. The number of sulfone groups is 1. The van der Waals surface area contributed by atoms with E-state index in [-0.39, 0.29) is 40.1 Å². The van der Waals surface area contributed by atoms with Gasteiger partial charge in [0.05, 0.1) is 23.5 Å². The highest BCUT2D eigenvalue weighted by Gasteiger charge is 2.20. The summed E-state index contributed by atoms with van der Waals surface area (Å²) in [4.78, 5) is 12.7. The normalized spacial score (nSPS) is 11.7. The molecule has 0 bridgehead atoms. The summed E-state index contributed by atoms with van der Waals surface area (Å²) in [7, 11) is -3.75. The quantitative estimate of drug-likeness (QED) is 0.540. The Hall–Kier alpha value is -2.78. The molecule has 0 spiro atoms. The van der Waals surface area contributed by atoms with E-state index in [0.29, 0.717) is 0 Å². The zero-order valence-electron chi connectivity index (χ0n) is 16.9. The molecular formula is C21H19ClF2N2O4S. The summed E-state index contributed by atoms with van der Waals surface area (Å²) < 4.78 is 58.0. The van der Waals surface area contributed by atoms with Crippen LogP contribution in [0.3, 0.4) is 0 Å². The second kappa shape index (κ2) is 8.76. The number of benzene rings is 2. The van der Waals surface area contributed by atoms with Crippen molar-refractivity contribution in [3.05, 3.63) is 69.6 Å². The molecule has 0 saturated heterocycles. The molecule has 0 aliphatic rings. The zero-order valence-corrected chi connectivity index (χ0v) is 18.5. The van der Waals surface area contributed by atoms with E-state index in [9.17, 15) is 22.0 Å². The first-order valence-corrected chi connectivity index (χ1v) is 11.5. The molecule has 31 heavy (non-hydrogen) atoms. The molecule has 0 unspecified atom stereocenters. The maximum atomic E-state index is 14.4. The van der Waals surface area contributed by atoms with Crippen LogP contribution in [0.15, 0.2) is 52.3 Å². The van der Waals surface area contributed by atoms with Crippen LogP contribution in [-0.2, 0) is 9.84 Å². The zero-order chi connectivity index (χ0) is 22.9. The Kier molecular flexibility index (Phi) is 6.47. The molecule has 0 amide bonds. The minimum Gasteiger partial charge on any atom is -0.487 e. The van der Waals surface area contributed by atoms with Gasteiger partial charge < -0.3 is 4.74 Å². The van der Waals surface area contributed by atoms with E-state index >= 15 is 0 Å². The van der Waals surface area contributed by atoms with Crippen molar-refractivity contribution in [2.45, 2.75) is 18.7 Å². The molecule has 0 radical (unpaired) electrons. The highest BCUT2D eigenvalue weighted by molar-refractivity contribution is 7.90. The maximum absolute atomic E-state index is 14.4. The smallest absolute Gasteiger partial charge is 0.314 e. The van der Waals surface area contributed by atoms with Gasteiger partial charge in [0, 0.05) is 11.8 Å². The van der Waals surface area contributed by atoms with Gasteiger partial charge in [-0.2, -0.15) is 9.78 Å². The molecule has 0 fully saturated rings. The molecule has 0 atom stereocenters. The fourth-order valence-electron chi connectivity index (χ4n) is 2.80. The Labute approximate surface area is 183 Å². The summed E-state index contributed by atoms with van der Waals surface area (Å²) >= 11 is 5.81. The lowest BCUT2D eigenvalue weighted by Gasteiger charge is -2.15. The van der Waals surface area contributed by atoms with Crippen molar-refractivity contribution >= 4 is 21.4 Å². The molecule has 0 aliphatic carbocycles. The van der Waals surface area contributed by atoms with Crippen LogP contribution in [-0.4, -0.2) is 31.1 Å². The maximum Gasteiger partial charge on any atom is 0.314 e. The van der Waals surface area contributed by atoms with Crippen LogP contribution in [0.1, 0.15) is 13.8 Å². The van der Waals surface area contributed by atoms with Crippen molar-refractivity contribution in [3.8, 4) is 22.6 Å². The van der Waals surface area contributed by atoms with Crippen LogP contribution in [0.2, 0.25) is 5.02 Å². The molecule has 3 rings (SSSR count). The van der Waals surface area contributed by atoms with Gasteiger partial charge in [0.2, 0.25) is 0 Å². The molecule has 3 aromatic rings. The molecule has 6 nitrogen and oxygen atoms in total. The molecule has 164 valence electrons. The molecule has 0 aliphatic heterocycles. The fraction of sp³-hybridized carbons (Fsp3) is 0.238. The topological polar surface area (TPSA) is 78.3 Å². The molecule has 10 heteroatoms. The van der Waals surface area contributed by atoms with Crippen molar-refractivity contribution in [2.24, 2.45) is 5.92 Å². The van der Waals surface area contributed by atoms with E-state index in [2.05, 4.69) is 5.10 Å². The Balaban J connectivity index is 2.19. The lowest BCUT2D eigenvalue weighted by molar-refractivity contribution is 0.267. The van der Waals surface area contributed by atoms with E-state index < -0.39 is 31.9 Å². The highest BCUT2D eigenvalue weighted by atomic mass is 35.5. The predicted octanol–water partition coefficient (Wildman–Crippen LogP) is 4.27. The Morgan fingerprint density at radius 3 is 2.42 bits per heavy atom. The van der Waals surface area contributed by atoms with E-state index in [1.54, 1.807) is 0 Å². The van der Waals surface area contributed by atoms with Crippen LogP contribution in [0.4, 0.5) is 8.78 Å². The minimum absolute atomic E-state index is 0.0819. The Morgan fingerprint density at radius 2 is 1.84 bits per heavy atom. The summed E-state index contributed by atoms with van der Waals surface area (Å²) in [6.45, 7) is 3.97. The first-order valence-electron chi connectivity index (χ1n) is 9.19. The van der Waals surface area contributed by atoms with Gasteiger partial charge in [0.1, 0.15) is 16.5 Å². The van der Waals surface area contributed by atoms with E-state index in [1.165, 1.54) is 24.4 Å². The average molecular weight is 469 g/mol. The predicted molar refractivity (Wildman–Crippen MR) is 114 cm³/mol. The first kappa shape index (κ1) is 22.9. The Bertz CT molecular complexity index is 1310. The fourth-order valence-corrected chi connectivity index (χ4v) is 3.71. The Morgan fingerprint density at radius 1 is 1.13 bits per heavy atom. The van der Waals surface area contributed by atoms with Gasteiger partial charge in [-0.15, -0.1) is 0 Å². The van der Waals surface area contributed by atoms with Crippen LogP contribution < -0.4 is 10.3 Å². The molecule has 0 N–H and O–H groups in total. The van der Waals surface area contributed by atoms with Crippen LogP contribution in [0.25, 0.3) is 16.8 Å². The summed E-state index contributed by atoms with van der Waals surface area (Å²) in [5.41, 5.74) is -0.0315. The second-order valence-corrected chi connectivity index (χ2v) is 9.72.